The molecule has 0 saturated carbocycles. The first-order chi connectivity index (χ1) is 11.2. The van der Waals surface area contributed by atoms with E-state index >= 15 is 0 Å². The Morgan fingerprint density at radius 1 is 1.43 bits per heavy atom. The zero-order valence-corrected chi connectivity index (χ0v) is 13.4. The lowest BCUT2D eigenvalue weighted by Crippen LogP contribution is -2.30. The van der Waals surface area contributed by atoms with Crippen LogP contribution in [0.15, 0.2) is 41.3 Å². The Morgan fingerprint density at radius 3 is 3.04 bits per heavy atom. The van der Waals surface area contributed by atoms with Crippen LogP contribution >= 0.6 is 11.3 Å². The first-order valence-corrected chi connectivity index (χ1v) is 8.10. The summed E-state index contributed by atoms with van der Waals surface area (Å²) < 4.78 is 2.93. The minimum Gasteiger partial charge on any atom is -0.361 e. The van der Waals surface area contributed by atoms with E-state index in [1.165, 1.54) is 17.4 Å². The molecule has 0 aliphatic rings. The summed E-state index contributed by atoms with van der Waals surface area (Å²) in [5, 5.41) is 9.95. The SMILES string of the molecule is CCn1c(=O)/c(=C/C=C/c2c[nH]c3ccccc23)s/c1=C/C#N.[HH]. The van der Waals surface area contributed by atoms with E-state index in [0.717, 1.165) is 16.5 Å². The minimum absolute atomic E-state index is 0. The highest BCUT2D eigenvalue weighted by Crippen LogP contribution is 2.18. The molecule has 2 aromatic heterocycles. The first kappa shape index (κ1) is 15.1. The second-order valence-electron chi connectivity index (χ2n) is 4.94. The number of nitrogens with zero attached hydrogens (tertiary/aromatic N) is 2. The number of nitrogens with one attached hydrogen (secondary N) is 1. The lowest BCUT2D eigenvalue weighted by molar-refractivity contribution is 0.723. The van der Waals surface area contributed by atoms with Gasteiger partial charge in [-0.3, -0.25) is 9.36 Å². The fourth-order valence-electron chi connectivity index (χ4n) is 2.48. The van der Waals surface area contributed by atoms with Crippen molar-refractivity contribution >= 4 is 40.5 Å². The molecular weight excluding hydrogens is 306 g/mol. The Balaban J connectivity index is 0.00000208. The van der Waals surface area contributed by atoms with Crippen LogP contribution in [0.5, 0.6) is 0 Å². The normalized spacial score (nSPS) is 13.2. The molecule has 3 aromatic rings. The van der Waals surface area contributed by atoms with Gasteiger partial charge in [0.25, 0.3) is 5.56 Å². The van der Waals surface area contributed by atoms with Crippen molar-refractivity contribution in [3.63, 3.8) is 0 Å². The Morgan fingerprint density at radius 2 is 2.26 bits per heavy atom. The van der Waals surface area contributed by atoms with Crippen molar-refractivity contribution in [2.45, 2.75) is 13.5 Å². The van der Waals surface area contributed by atoms with Crippen molar-refractivity contribution in [1.29, 1.82) is 5.26 Å². The maximum atomic E-state index is 12.3. The summed E-state index contributed by atoms with van der Waals surface area (Å²) in [4.78, 5) is 15.5. The van der Waals surface area contributed by atoms with Gasteiger partial charge in [0.2, 0.25) is 0 Å². The summed E-state index contributed by atoms with van der Waals surface area (Å²) in [5.41, 5.74) is 2.11. The molecule has 116 valence electrons. The topological polar surface area (TPSA) is 61.6 Å². The lowest BCUT2D eigenvalue weighted by Gasteiger charge is -1.91. The van der Waals surface area contributed by atoms with Gasteiger partial charge >= 0.3 is 0 Å². The van der Waals surface area contributed by atoms with Crippen LogP contribution in [0.1, 0.15) is 13.9 Å². The number of rotatable bonds is 3. The number of H-pyrrole nitrogens is 1. The van der Waals surface area contributed by atoms with Crippen molar-refractivity contribution in [3.05, 3.63) is 61.7 Å². The van der Waals surface area contributed by atoms with Gasteiger partial charge in [-0.05, 0) is 24.6 Å². The highest BCUT2D eigenvalue weighted by molar-refractivity contribution is 7.07. The molecule has 0 spiro atoms. The third-order valence-corrected chi connectivity index (χ3v) is 4.66. The molecule has 5 heteroatoms. The van der Waals surface area contributed by atoms with E-state index in [9.17, 15) is 4.79 Å². The fraction of sp³-hybridized carbons (Fsp3) is 0.111. The molecule has 23 heavy (non-hydrogen) atoms. The molecule has 1 N–H and O–H groups in total. The number of allylic oxidation sites excluding steroid dienone is 1. The number of benzene rings is 1. The number of aromatic nitrogens is 2. The molecule has 0 radical (unpaired) electrons. The third-order valence-electron chi connectivity index (χ3n) is 3.59. The second kappa shape index (κ2) is 6.51. The van der Waals surface area contributed by atoms with Gasteiger partial charge in [-0.25, -0.2) is 0 Å². The molecule has 0 unspecified atom stereocenters. The molecule has 0 bridgehead atoms. The predicted octanol–water partition coefficient (Wildman–Crippen LogP) is 2.45. The number of fused-ring (bicyclic) bond motifs is 1. The average molecular weight is 323 g/mol. The maximum absolute atomic E-state index is 12.3. The molecule has 0 atom stereocenters. The van der Waals surface area contributed by atoms with Gasteiger partial charge < -0.3 is 4.98 Å². The Bertz CT molecular complexity index is 1100. The number of aromatic amines is 1. The Kier molecular flexibility index (Phi) is 4.26. The number of hydrogen-bond donors (Lipinski definition) is 1. The van der Waals surface area contributed by atoms with Crippen molar-refractivity contribution in [1.82, 2.24) is 9.55 Å². The van der Waals surface area contributed by atoms with E-state index in [4.69, 9.17) is 5.26 Å². The summed E-state index contributed by atoms with van der Waals surface area (Å²) in [6.07, 6.45) is 9.01. The van der Waals surface area contributed by atoms with E-state index in [1.807, 2.05) is 49.5 Å². The molecule has 1 aromatic carbocycles. The Labute approximate surface area is 138 Å². The molecular formula is C18H17N3OS. The van der Waals surface area contributed by atoms with E-state index in [0.29, 0.717) is 15.7 Å². The van der Waals surface area contributed by atoms with Crippen LogP contribution in [0.4, 0.5) is 0 Å². The first-order valence-electron chi connectivity index (χ1n) is 7.28. The number of nitriles is 1. The molecule has 0 aliphatic heterocycles. The lowest BCUT2D eigenvalue weighted by atomic mass is 10.1. The summed E-state index contributed by atoms with van der Waals surface area (Å²) >= 11 is 1.33. The molecule has 0 fully saturated rings. The van der Waals surface area contributed by atoms with E-state index < -0.39 is 0 Å². The molecule has 3 rings (SSSR count). The highest BCUT2D eigenvalue weighted by atomic mass is 32.1. The minimum atomic E-state index is -0.0532. The van der Waals surface area contributed by atoms with Crippen LogP contribution in [-0.4, -0.2) is 9.55 Å². The highest BCUT2D eigenvalue weighted by Gasteiger charge is 2.01. The molecule has 0 aliphatic carbocycles. The van der Waals surface area contributed by atoms with Crippen LogP contribution in [0.2, 0.25) is 0 Å². The quantitative estimate of drug-likeness (QED) is 0.805. The van der Waals surface area contributed by atoms with Gasteiger partial charge in [-0.1, -0.05) is 30.4 Å². The van der Waals surface area contributed by atoms with Gasteiger partial charge in [-0.2, -0.15) is 5.26 Å². The van der Waals surface area contributed by atoms with Crippen LogP contribution in [0.3, 0.4) is 0 Å². The second-order valence-corrected chi connectivity index (χ2v) is 6.01. The van der Waals surface area contributed by atoms with Gasteiger partial charge in [-0.15, -0.1) is 11.3 Å². The number of hydrogen-bond acceptors (Lipinski definition) is 3. The largest absolute Gasteiger partial charge is 0.361 e. The van der Waals surface area contributed by atoms with Gasteiger partial charge in [0.05, 0.1) is 10.6 Å². The van der Waals surface area contributed by atoms with Crippen molar-refractivity contribution in [3.8, 4) is 6.07 Å². The van der Waals surface area contributed by atoms with Gasteiger partial charge in [0.15, 0.2) is 0 Å². The summed E-state index contributed by atoms with van der Waals surface area (Å²) in [5.74, 6) is 0. The number of thiazole rings is 1. The Hall–Kier alpha value is -2.84. The zero-order valence-electron chi connectivity index (χ0n) is 12.6. The zero-order chi connectivity index (χ0) is 16.2. The summed E-state index contributed by atoms with van der Waals surface area (Å²) in [6.45, 7) is 2.46. The molecule has 0 saturated heterocycles. The van der Waals surface area contributed by atoms with Crippen LogP contribution in [0.25, 0.3) is 29.1 Å². The summed E-state index contributed by atoms with van der Waals surface area (Å²) in [6, 6.07) is 10.1. The van der Waals surface area contributed by atoms with Crippen LogP contribution in [-0.2, 0) is 6.54 Å². The van der Waals surface area contributed by atoms with Gasteiger partial charge in [0.1, 0.15) is 4.66 Å². The molecule has 0 amide bonds. The van der Waals surface area contributed by atoms with Crippen molar-refractivity contribution < 1.29 is 1.43 Å². The van der Waals surface area contributed by atoms with Crippen LogP contribution in [0, 0.1) is 11.3 Å². The van der Waals surface area contributed by atoms with E-state index in [1.54, 1.807) is 10.6 Å². The van der Waals surface area contributed by atoms with Crippen LogP contribution < -0.4 is 14.8 Å². The van der Waals surface area contributed by atoms with Crippen molar-refractivity contribution in [2.75, 3.05) is 0 Å². The van der Waals surface area contributed by atoms with Crippen molar-refractivity contribution in [2.24, 2.45) is 0 Å². The third kappa shape index (κ3) is 2.89. The smallest absolute Gasteiger partial charge is 0.269 e. The summed E-state index contributed by atoms with van der Waals surface area (Å²) in [7, 11) is 0. The predicted molar refractivity (Wildman–Crippen MR) is 97.5 cm³/mol. The number of para-hydroxylation sites is 1. The van der Waals surface area contributed by atoms with Gasteiger partial charge in [0, 0.05) is 31.1 Å². The maximum Gasteiger partial charge on any atom is 0.269 e. The average Bonchev–Trinajstić information content (AvgIpc) is 3.10. The van der Waals surface area contributed by atoms with E-state index in [2.05, 4.69) is 11.1 Å². The molecule has 2 heterocycles. The van der Waals surface area contributed by atoms with E-state index in [-0.39, 0.29) is 6.99 Å². The fourth-order valence-corrected chi connectivity index (χ4v) is 3.49. The molecule has 4 nitrogen and oxygen atoms in total. The monoisotopic (exact) mass is 323 g/mol. The standard InChI is InChI=1S/C18H15N3OS.H2/c1-2-21-17(10-11-19)23-16(18(21)22)9-5-6-13-12-20-15-8-4-3-7-14(13)15;/h3-10,12,20H,2H2,1H3;1H/b6-5+,16-9-,17-10+;.